The summed E-state index contributed by atoms with van der Waals surface area (Å²) in [4.78, 5) is 12.3. The fourth-order valence-electron chi connectivity index (χ4n) is 4.57. The van der Waals surface area contributed by atoms with Crippen LogP contribution in [0.5, 0.6) is 0 Å². The van der Waals surface area contributed by atoms with Gasteiger partial charge in [0.25, 0.3) is 0 Å². The highest BCUT2D eigenvalue weighted by Crippen LogP contribution is 2.49. The van der Waals surface area contributed by atoms with Gasteiger partial charge in [0.05, 0.1) is 36.2 Å². The number of fused-ring (bicyclic) bond motifs is 1. The molecule has 0 bridgehead atoms. The third kappa shape index (κ3) is 3.07. The van der Waals surface area contributed by atoms with E-state index >= 15 is 0 Å². The van der Waals surface area contributed by atoms with Crippen LogP contribution in [0.25, 0.3) is 11.1 Å². The molecule has 1 N–H and O–H groups in total. The normalized spacial score (nSPS) is 27.2. The van der Waals surface area contributed by atoms with E-state index in [2.05, 4.69) is 21.0 Å². The molecule has 4 atom stereocenters. The van der Waals surface area contributed by atoms with E-state index in [1.165, 1.54) is 12.4 Å². The molecule has 1 aliphatic carbocycles. The van der Waals surface area contributed by atoms with E-state index in [1.807, 2.05) is 41.8 Å². The monoisotopic (exact) mass is 413 g/mol. The Kier molecular flexibility index (Phi) is 4.53. The number of aromatic nitrogens is 4. The van der Waals surface area contributed by atoms with Crippen LogP contribution in [0, 0.1) is 23.2 Å². The van der Waals surface area contributed by atoms with Crippen molar-refractivity contribution in [2.75, 3.05) is 0 Å². The van der Waals surface area contributed by atoms with E-state index in [0.717, 1.165) is 11.1 Å². The lowest BCUT2D eigenvalue weighted by Gasteiger charge is -2.26. The van der Waals surface area contributed by atoms with Gasteiger partial charge in [-0.3, -0.25) is 0 Å². The van der Waals surface area contributed by atoms with Crippen LogP contribution < -0.4 is 0 Å². The van der Waals surface area contributed by atoms with Gasteiger partial charge in [0.15, 0.2) is 0 Å². The molecule has 0 saturated carbocycles. The Morgan fingerprint density at radius 2 is 1.84 bits per heavy atom. The van der Waals surface area contributed by atoms with Crippen LogP contribution in [0.4, 0.5) is 4.39 Å². The molecular formula is C24H20FN5O. The highest BCUT2D eigenvalue weighted by Gasteiger charge is 2.46. The van der Waals surface area contributed by atoms with Gasteiger partial charge in [0.2, 0.25) is 0 Å². The third-order valence-electron chi connectivity index (χ3n) is 6.29. The molecular weight excluding hydrogens is 393 g/mol. The smallest absolute Gasteiger partial charge is 0.133 e. The Morgan fingerprint density at radius 3 is 2.55 bits per heavy atom. The zero-order chi connectivity index (χ0) is 21.6. The second-order valence-corrected chi connectivity index (χ2v) is 8.12. The summed E-state index contributed by atoms with van der Waals surface area (Å²) in [6.45, 7) is 1.90. The fourth-order valence-corrected chi connectivity index (χ4v) is 4.57. The maximum Gasteiger partial charge on any atom is 0.133 e. The predicted molar refractivity (Wildman–Crippen MR) is 112 cm³/mol. The van der Waals surface area contributed by atoms with Gasteiger partial charge >= 0.3 is 0 Å². The Hall–Kier alpha value is -3.63. The Balaban J connectivity index is 1.51. The molecule has 0 radical (unpaired) electrons. The van der Waals surface area contributed by atoms with Crippen molar-refractivity contribution in [1.82, 2.24) is 19.5 Å². The van der Waals surface area contributed by atoms with Crippen LogP contribution in [-0.2, 0) is 5.60 Å². The number of aliphatic hydroxyl groups is 1. The quantitative estimate of drug-likeness (QED) is 0.699. The number of nitrogens with zero attached hydrogens (tertiary/aromatic N) is 5. The van der Waals surface area contributed by atoms with E-state index in [-0.39, 0.29) is 12.3 Å². The number of hydrogen-bond donors (Lipinski definition) is 1. The lowest BCUT2D eigenvalue weighted by atomic mass is 9.82. The second-order valence-electron chi connectivity index (χ2n) is 8.12. The maximum atomic E-state index is 14.9. The number of benzene rings is 1. The Labute approximate surface area is 179 Å². The van der Waals surface area contributed by atoms with Crippen molar-refractivity contribution in [3.63, 3.8) is 0 Å². The molecule has 1 aromatic carbocycles. The fraction of sp³-hybridized carbons (Fsp3) is 0.250. The van der Waals surface area contributed by atoms with Crippen molar-refractivity contribution in [2.45, 2.75) is 25.0 Å². The highest BCUT2D eigenvalue weighted by molar-refractivity contribution is 5.62. The van der Waals surface area contributed by atoms with E-state index < -0.39 is 23.4 Å². The molecule has 1 aliphatic heterocycles. The number of hydrogen-bond acceptors (Lipinski definition) is 5. The lowest BCUT2D eigenvalue weighted by molar-refractivity contribution is 0.0791. The SMILES string of the molecule is CC1C=C([C@H]2C[C@](O)(c3ccc(-c4cncnc4)cc3)c3cncn32)C(F)=CC1C#N. The first-order chi connectivity index (χ1) is 15.0. The van der Waals surface area contributed by atoms with Gasteiger partial charge in [-0.15, -0.1) is 0 Å². The third-order valence-corrected chi connectivity index (χ3v) is 6.29. The lowest BCUT2D eigenvalue weighted by Crippen LogP contribution is -2.24. The average Bonchev–Trinajstić information content (AvgIpc) is 3.39. The number of nitriles is 1. The number of halogens is 1. The van der Waals surface area contributed by atoms with E-state index in [0.29, 0.717) is 16.8 Å². The largest absolute Gasteiger partial charge is 0.379 e. The maximum absolute atomic E-state index is 14.9. The topological polar surface area (TPSA) is 87.6 Å². The molecule has 0 fully saturated rings. The molecule has 3 heterocycles. The van der Waals surface area contributed by atoms with Gasteiger partial charge in [-0.05, 0) is 23.1 Å². The van der Waals surface area contributed by atoms with Crippen molar-refractivity contribution in [3.8, 4) is 17.2 Å². The van der Waals surface area contributed by atoms with Crippen molar-refractivity contribution in [2.24, 2.45) is 11.8 Å². The van der Waals surface area contributed by atoms with Gasteiger partial charge in [0, 0.05) is 30.0 Å². The molecule has 0 saturated heterocycles. The van der Waals surface area contributed by atoms with Crippen LogP contribution in [0.15, 0.2) is 79.1 Å². The summed E-state index contributed by atoms with van der Waals surface area (Å²) in [5.74, 6) is -0.994. The Bertz CT molecular complexity index is 1220. The summed E-state index contributed by atoms with van der Waals surface area (Å²) in [6.07, 6.45) is 11.7. The van der Waals surface area contributed by atoms with Crippen LogP contribution >= 0.6 is 0 Å². The minimum Gasteiger partial charge on any atom is -0.379 e. The second kappa shape index (κ2) is 7.25. The van der Waals surface area contributed by atoms with Gasteiger partial charge < -0.3 is 9.67 Å². The molecule has 154 valence electrons. The molecule has 2 unspecified atom stereocenters. The average molecular weight is 413 g/mol. The first kappa shape index (κ1) is 19.3. The first-order valence-corrected chi connectivity index (χ1v) is 10.1. The number of imidazole rings is 1. The van der Waals surface area contributed by atoms with Gasteiger partial charge in [-0.25, -0.2) is 19.3 Å². The van der Waals surface area contributed by atoms with Gasteiger partial charge in [0.1, 0.15) is 17.8 Å². The van der Waals surface area contributed by atoms with Crippen LogP contribution in [0.3, 0.4) is 0 Å². The van der Waals surface area contributed by atoms with E-state index in [9.17, 15) is 14.8 Å². The van der Waals surface area contributed by atoms with Crippen molar-refractivity contribution in [3.05, 3.63) is 90.3 Å². The molecule has 2 aromatic heterocycles. The van der Waals surface area contributed by atoms with Crippen molar-refractivity contribution < 1.29 is 9.50 Å². The number of rotatable bonds is 3. The molecule has 6 nitrogen and oxygen atoms in total. The first-order valence-electron chi connectivity index (χ1n) is 10.1. The van der Waals surface area contributed by atoms with Crippen LogP contribution in [-0.4, -0.2) is 24.6 Å². The molecule has 5 rings (SSSR count). The van der Waals surface area contributed by atoms with Crippen molar-refractivity contribution in [1.29, 1.82) is 5.26 Å². The standard InChI is InChI=1S/C24H20FN5O/c1-15-6-20(21(25)7-17(15)9-26)22-8-24(31,23-12-29-14-30(22)23)19-4-2-16(3-5-19)18-10-27-13-28-11-18/h2-7,10-15,17,22,31H,8H2,1H3/t15?,17?,22-,24+/m1/s1. The summed E-state index contributed by atoms with van der Waals surface area (Å²) >= 11 is 0. The van der Waals surface area contributed by atoms with Crippen LogP contribution in [0.2, 0.25) is 0 Å². The number of allylic oxidation sites excluding steroid dienone is 4. The molecule has 0 amide bonds. The van der Waals surface area contributed by atoms with Crippen LogP contribution in [0.1, 0.15) is 30.6 Å². The Morgan fingerprint density at radius 1 is 1.10 bits per heavy atom. The molecule has 2 aliphatic rings. The summed E-state index contributed by atoms with van der Waals surface area (Å²) < 4.78 is 16.8. The predicted octanol–water partition coefficient (Wildman–Crippen LogP) is 4.09. The molecule has 0 spiro atoms. The van der Waals surface area contributed by atoms with E-state index in [1.54, 1.807) is 24.9 Å². The van der Waals surface area contributed by atoms with Gasteiger partial charge in [-0.1, -0.05) is 37.3 Å². The molecule has 31 heavy (non-hydrogen) atoms. The summed E-state index contributed by atoms with van der Waals surface area (Å²) in [5.41, 5.74) is 2.35. The summed E-state index contributed by atoms with van der Waals surface area (Å²) in [7, 11) is 0. The summed E-state index contributed by atoms with van der Waals surface area (Å²) in [5, 5.41) is 20.9. The highest BCUT2D eigenvalue weighted by atomic mass is 19.1. The zero-order valence-corrected chi connectivity index (χ0v) is 16.9. The minimum atomic E-state index is -1.30. The van der Waals surface area contributed by atoms with E-state index in [4.69, 9.17) is 0 Å². The van der Waals surface area contributed by atoms with Gasteiger partial charge in [-0.2, -0.15) is 5.26 Å². The molecule has 3 aromatic rings. The molecule has 7 heteroatoms. The minimum absolute atomic E-state index is 0.104. The zero-order valence-electron chi connectivity index (χ0n) is 16.9. The van der Waals surface area contributed by atoms with Crippen molar-refractivity contribution >= 4 is 0 Å². The summed E-state index contributed by atoms with van der Waals surface area (Å²) in [6, 6.07) is 9.31.